The third kappa shape index (κ3) is 18.2. The minimum Gasteiger partial charge on any atom is -0.788 e. The molecule has 9 atom stereocenters. The van der Waals surface area contributed by atoms with Crippen LogP contribution in [0.4, 0.5) is 0 Å². The standard InChI is InChI=1S/C27H46O.C6H18N4.2CH5N3.CH6NO2P/c1-18(2)7-6-8-19(3)23-11-12-24-22-10-9-20-17-21(28)13-15-26(20,4)25(22)14-16-27(23,24)5;7-1-4-10(5-2-8)6-3-9;2*2-1(3)4;1-5(2,3)4/h9,18-19,21-25,28H,6-8,10-17H2,1-5H3;1-9H2;2*(H5,2,3,4);1H3,(H3,2,3,4)/p+1/t19-,21+,22+,23-,24+,25+,26+,27-;;;;/m1..../s1. The molecule has 1 unspecified atom stereocenters. The van der Waals surface area contributed by atoms with Crippen molar-refractivity contribution in [3.63, 3.8) is 0 Å². The molecule has 0 aromatic heterocycles. The Labute approximate surface area is 310 Å². The van der Waals surface area contributed by atoms with Gasteiger partial charge in [0.1, 0.15) is 0 Å². The molecule has 0 heterocycles. The van der Waals surface area contributed by atoms with Gasteiger partial charge in [-0.2, -0.15) is 0 Å². The molecule has 0 aromatic carbocycles. The first-order valence-corrected chi connectivity index (χ1v) is 21.2. The highest BCUT2D eigenvalue weighted by atomic mass is 31.2. The van der Waals surface area contributed by atoms with E-state index in [0.717, 1.165) is 74.6 Å². The first-order valence-electron chi connectivity index (χ1n) is 19.1. The van der Waals surface area contributed by atoms with Crippen LogP contribution in [0.5, 0.6) is 0 Å². The van der Waals surface area contributed by atoms with E-state index in [9.17, 15) is 14.6 Å². The molecule has 0 bridgehead atoms. The average Bonchev–Trinajstić information content (AvgIpc) is 3.34. The number of hydrogen-bond acceptors (Lipinski definition) is 7. The largest absolute Gasteiger partial charge is 0.788 e. The number of hydrogen-bond donors (Lipinski definition) is 11. The number of guanidine groups is 2. The van der Waals surface area contributed by atoms with Crippen LogP contribution in [-0.2, 0) is 4.57 Å². The number of fused-ring (bicyclic) bond motifs is 5. The van der Waals surface area contributed by atoms with E-state index in [4.69, 9.17) is 17.2 Å². The molecule has 302 valence electrons. The normalized spacial score (nSPS) is 30.7. The number of nitrogens with zero attached hydrogens (tertiary/aromatic N) is 1. The third-order valence-electron chi connectivity index (χ3n) is 11.6. The molecular formula is C36H81N11O3P+. The zero-order chi connectivity index (χ0) is 39.6. The highest BCUT2D eigenvalue weighted by Gasteiger charge is 2.59. The molecule has 4 aliphatic rings. The predicted octanol–water partition coefficient (Wildman–Crippen LogP) is -1.28. The SMILES string of the molecule is CC(C)CCC[C@@H](C)[C@H]1CC[C@H]2[C@@H]3CC=C4C[C@@H](O)CC[C@]4(C)[C@H]3CC[C@]12C.CP(N)(=O)[O-].NC(N)=[NH2+].NC(N)=[NH2+].NCCN(CCN)CCN. The van der Waals surface area contributed by atoms with E-state index in [2.05, 4.69) is 84.9 Å². The number of nitrogens with two attached hydrogens (primary N) is 10. The zero-order valence-corrected chi connectivity index (χ0v) is 34.0. The van der Waals surface area contributed by atoms with Crippen molar-refractivity contribution in [3.05, 3.63) is 11.6 Å². The van der Waals surface area contributed by atoms with Gasteiger partial charge in [-0.25, -0.2) is 0 Å². The Bertz CT molecular complexity index is 1050. The van der Waals surface area contributed by atoms with Crippen LogP contribution in [0.1, 0.15) is 105 Å². The summed E-state index contributed by atoms with van der Waals surface area (Å²) in [7, 11) is -3.39. The van der Waals surface area contributed by atoms with E-state index in [1.54, 1.807) is 5.57 Å². The molecule has 51 heavy (non-hydrogen) atoms. The molecule has 21 N–H and O–H groups in total. The summed E-state index contributed by atoms with van der Waals surface area (Å²) in [4.78, 5) is 11.6. The molecule has 0 amide bonds. The molecule has 0 aromatic rings. The topological polar surface area (TPSA) is 323 Å². The molecule has 0 spiro atoms. The summed E-state index contributed by atoms with van der Waals surface area (Å²) in [6, 6.07) is 0. The Balaban J connectivity index is 0.000000891. The van der Waals surface area contributed by atoms with E-state index >= 15 is 0 Å². The lowest BCUT2D eigenvalue weighted by atomic mass is 9.47. The smallest absolute Gasteiger partial charge is 0.336 e. The number of rotatable bonds is 11. The molecule has 4 aliphatic carbocycles. The lowest BCUT2D eigenvalue weighted by molar-refractivity contribution is -0.173. The van der Waals surface area contributed by atoms with Crippen molar-refractivity contribution >= 4 is 19.4 Å². The Kier molecular flexibility index (Phi) is 23.0. The average molecular weight is 747 g/mol. The van der Waals surface area contributed by atoms with E-state index in [1.807, 2.05) is 0 Å². The van der Waals surface area contributed by atoms with Crippen molar-refractivity contribution < 1.29 is 25.4 Å². The van der Waals surface area contributed by atoms with Gasteiger partial charge in [-0.15, -0.1) is 0 Å². The van der Waals surface area contributed by atoms with Crippen LogP contribution >= 0.6 is 7.52 Å². The Morgan fingerprint density at radius 1 is 0.922 bits per heavy atom. The van der Waals surface area contributed by atoms with Crippen molar-refractivity contribution in [2.75, 3.05) is 45.9 Å². The Hall–Kier alpha value is -1.77. The van der Waals surface area contributed by atoms with Gasteiger partial charge in [0.05, 0.1) is 13.6 Å². The van der Waals surface area contributed by atoms with Gasteiger partial charge in [0, 0.05) is 39.3 Å². The summed E-state index contributed by atoms with van der Waals surface area (Å²) in [5.74, 6) is 5.29. The van der Waals surface area contributed by atoms with Gasteiger partial charge in [0.25, 0.3) is 0 Å². The van der Waals surface area contributed by atoms with Gasteiger partial charge in [0.15, 0.2) is 0 Å². The molecule has 3 saturated carbocycles. The predicted molar refractivity (Wildman–Crippen MR) is 211 cm³/mol. The van der Waals surface area contributed by atoms with E-state index < -0.39 is 7.52 Å². The second-order valence-electron chi connectivity index (χ2n) is 16.3. The summed E-state index contributed by atoms with van der Waals surface area (Å²) in [5.41, 5.74) is 41.4. The number of aliphatic hydroxyl groups excluding tert-OH is 1. The van der Waals surface area contributed by atoms with Gasteiger partial charge < -0.3 is 31.8 Å². The first-order chi connectivity index (χ1) is 23.6. The second kappa shape index (κ2) is 23.8. The minimum absolute atomic E-state index is 0.0766. The summed E-state index contributed by atoms with van der Waals surface area (Å²) < 4.78 is 9.44. The van der Waals surface area contributed by atoms with Crippen LogP contribution in [0.3, 0.4) is 0 Å². The van der Waals surface area contributed by atoms with E-state index in [1.165, 1.54) is 57.8 Å². The highest BCUT2D eigenvalue weighted by molar-refractivity contribution is 7.53. The molecule has 0 saturated heterocycles. The summed E-state index contributed by atoms with van der Waals surface area (Å²) in [6.45, 7) is 18.3. The lowest BCUT2D eigenvalue weighted by Gasteiger charge is -2.58. The maximum Gasteiger partial charge on any atom is 0.336 e. The van der Waals surface area contributed by atoms with Gasteiger partial charge in [-0.1, -0.05) is 65.5 Å². The third-order valence-corrected chi connectivity index (χ3v) is 11.6. The van der Waals surface area contributed by atoms with Crippen molar-refractivity contribution in [1.82, 2.24) is 4.90 Å². The second-order valence-corrected chi connectivity index (χ2v) is 18.1. The highest BCUT2D eigenvalue weighted by Crippen LogP contribution is 2.67. The molecule has 0 radical (unpaired) electrons. The van der Waals surface area contributed by atoms with E-state index in [-0.39, 0.29) is 18.0 Å². The van der Waals surface area contributed by atoms with Crippen molar-refractivity contribution in [1.29, 1.82) is 0 Å². The Morgan fingerprint density at radius 3 is 1.86 bits per heavy atom. The molecular weight excluding hydrogens is 665 g/mol. The van der Waals surface area contributed by atoms with Crippen LogP contribution in [0.15, 0.2) is 11.6 Å². The molecule has 15 heteroatoms. The van der Waals surface area contributed by atoms with Crippen LogP contribution in [0.25, 0.3) is 0 Å². The Morgan fingerprint density at radius 2 is 1.41 bits per heavy atom. The fraction of sp³-hybridized carbons (Fsp3) is 0.889. The maximum absolute atomic E-state index is 10.2. The van der Waals surface area contributed by atoms with Gasteiger partial charge in [-0.3, -0.25) is 44.2 Å². The van der Waals surface area contributed by atoms with Gasteiger partial charge in [-0.05, 0) is 104 Å². The summed E-state index contributed by atoms with van der Waals surface area (Å²) in [6.07, 6.45) is 17.2. The quantitative estimate of drug-likeness (QED) is 0.0510. The van der Waals surface area contributed by atoms with Crippen molar-refractivity contribution in [2.24, 2.45) is 92.0 Å². The van der Waals surface area contributed by atoms with Crippen LogP contribution in [-0.4, -0.2) is 74.0 Å². The number of aliphatic hydroxyl groups is 1. The molecule has 3 fully saturated rings. The van der Waals surface area contributed by atoms with Gasteiger partial charge >= 0.3 is 11.9 Å². The van der Waals surface area contributed by atoms with Crippen LogP contribution in [0.2, 0.25) is 0 Å². The minimum atomic E-state index is -3.39. The van der Waals surface area contributed by atoms with Crippen LogP contribution < -0.4 is 61.4 Å². The lowest BCUT2D eigenvalue weighted by Crippen LogP contribution is -2.51. The van der Waals surface area contributed by atoms with Crippen molar-refractivity contribution in [3.8, 4) is 0 Å². The first kappa shape index (κ1) is 49.2. The van der Waals surface area contributed by atoms with Crippen LogP contribution in [0, 0.1) is 46.3 Å². The summed E-state index contributed by atoms with van der Waals surface area (Å²) in [5, 5.41) is 19.4. The monoisotopic (exact) mass is 747 g/mol. The van der Waals surface area contributed by atoms with Crippen molar-refractivity contribution in [2.45, 2.75) is 111 Å². The van der Waals surface area contributed by atoms with Gasteiger partial charge in [0.2, 0.25) is 0 Å². The molecule has 14 nitrogen and oxygen atoms in total. The zero-order valence-electron chi connectivity index (χ0n) is 33.1. The summed E-state index contributed by atoms with van der Waals surface area (Å²) >= 11 is 0. The van der Waals surface area contributed by atoms with E-state index in [0.29, 0.717) is 30.5 Å². The molecule has 0 aliphatic heterocycles. The number of allylic oxidation sites excluding steroid dienone is 1. The fourth-order valence-corrected chi connectivity index (χ4v) is 9.55. The maximum atomic E-state index is 10.2. The molecule has 4 rings (SSSR count). The fourth-order valence-electron chi connectivity index (χ4n) is 9.55.